The highest BCUT2D eigenvalue weighted by Gasteiger charge is 2.28. The Morgan fingerprint density at radius 2 is 1.44 bits per heavy atom. The van der Waals surface area contributed by atoms with Gasteiger partial charge in [-0.3, -0.25) is 0 Å². The third-order valence-corrected chi connectivity index (χ3v) is 3.56. The summed E-state index contributed by atoms with van der Waals surface area (Å²) in [5.74, 6) is 0. The fraction of sp³-hybridized carbons (Fsp3) is 1.00. The van der Waals surface area contributed by atoms with Gasteiger partial charge >= 0.3 is 0 Å². The van der Waals surface area contributed by atoms with Crippen LogP contribution in [-0.4, -0.2) is 23.4 Å². The largest absolute Gasteiger partial charge is 0.390 e. The fourth-order valence-corrected chi connectivity index (χ4v) is 2.36. The van der Waals surface area contributed by atoms with Gasteiger partial charge in [0.25, 0.3) is 0 Å². The Hall–Kier alpha value is -0.0800. The summed E-state index contributed by atoms with van der Waals surface area (Å²) in [5, 5.41) is 10.7. The van der Waals surface area contributed by atoms with Gasteiger partial charge < -0.3 is 9.84 Å². The van der Waals surface area contributed by atoms with Gasteiger partial charge in [-0.25, -0.2) is 0 Å². The maximum atomic E-state index is 10.7. The average Bonchev–Trinajstić information content (AvgIpc) is 2.34. The van der Waals surface area contributed by atoms with E-state index in [1.165, 1.54) is 6.42 Å². The molecule has 0 bridgehead atoms. The third kappa shape index (κ3) is 8.93. The van der Waals surface area contributed by atoms with Crippen LogP contribution in [-0.2, 0) is 4.74 Å². The van der Waals surface area contributed by atoms with E-state index in [2.05, 4.69) is 27.7 Å². The van der Waals surface area contributed by atoms with E-state index in [1.807, 2.05) is 0 Å². The van der Waals surface area contributed by atoms with Crippen molar-refractivity contribution >= 4 is 0 Å². The number of unbranched alkanes of at least 4 members (excludes halogenated alkanes) is 3. The Balaban J connectivity index is 4.10. The predicted molar refractivity (Wildman–Crippen MR) is 78.9 cm³/mol. The smallest absolute Gasteiger partial charge is 0.0672 e. The lowest BCUT2D eigenvalue weighted by atomic mass is 9.86. The minimum absolute atomic E-state index is 0.176. The molecule has 0 radical (unpaired) electrons. The van der Waals surface area contributed by atoms with Gasteiger partial charge in [0, 0.05) is 13.0 Å². The number of ether oxygens (including phenoxy) is 1. The zero-order valence-electron chi connectivity index (χ0n) is 13.0. The highest BCUT2D eigenvalue weighted by Crippen LogP contribution is 2.27. The first-order chi connectivity index (χ1) is 8.58. The monoisotopic (exact) mass is 258 g/mol. The Morgan fingerprint density at radius 1 is 0.944 bits per heavy atom. The van der Waals surface area contributed by atoms with Crippen molar-refractivity contribution in [2.24, 2.45) is 0 Å². The highest BCUT2D eigenvalue weighted by atomic mass is 16.5. The summed E-state index contributed by atoms with van der Waals surface area (Å²) in [5.41, 5.74) is -0.502. The first kappa shape index (κ1) is 17.9. The molecule has 0 aliphatic rings. The van der Waals surface area contributed by atoms with Gasteiger partial charge in [-0.15, -0.1) is 0 Å². The third-order valence-electron chi connectivity index (χ3n) is 3.56. The van der Waals surface area contributed by atoms with Crippen LogP contribution < -0.4 is 0 Å². The lowest BCUT2D eigenvalue weighted by Crippen LogP contribution is -2.33. The van der Waals surface area contributed by atoms with Crippen molar-refractivity contribution < 1.29 is 9.84 Å². The number of hydrogen-bond acceptors (Lipinski definition) is 2. The van der Waals surface area contributed by atoms with Gasteiger partial charge in [-0.2, -0.15) is 0 Å². The van der Waals surface area contributed by atoms with Crippen molar-refractivity contribution in [2.45, 2.75) is 97.2 Å². The molecule has 0 aliphatic heterocycles. The van der Waals surface area contributed by atoms with Crippen LogP contribution in [0.1, 0.15) is 85.5 Å². The van der Waals surface area contributed by atoms with Gasteiger partial charge in [-0.05, 0) is 26.2 Å². The quantitative estimate of drug-likeness (QED) is 0.514. The van der Waals surface area contributed by atoms with Crippen molar-refractivity contribution in [3.63, 3.8) is 0 Å². The molecule has 1 atom stereocenters. The first-order valence-electron chi connectivity index (χ1n) is 7.92. The molecule has 0 aromatic heterocycles. The van der Waals surface area contributed by atoms with Crippen molar-refractivity contribution in [1.29, 1.82) is 0 Å². The van der Waals surface area contributed by atoms with Gasteiger partial charge in [0.05, 0.1) is 11.7 Å². The van der Waals surface area contributed by atoms with E-state index in [-0.39, 0.29) is 6.10 Å². The second-order valence-electron chi connectivity index (χ2n) is 5.67. The summed E-state index contributed by atoms with van der Waals surface area (Å²) < 4.78 is 5.78. The average molecular weight is 258 g/mol. The van der Waals surface area contributed by atoms with Crippen LogP contribution in [0.3, 0.4) is 0 Å². The molecule has 0 spiro atoms. The van der Waals surface area contributed by atoms with Gasteiger partial charge in [0.15, 0.2) is 0 Å². The highest BCUT2D eigenvalue weighted by molar-refractivity contribution is 4.80. The maximum Gasteiger partial charge on any atom is 0.0672 e. The Morgan fingerprint density at radius 3 is 1.89 bits per heavy atom. The molecule has 2 heteroatoms. The minimum atomic E-state index is -0.502. The second-order valence-corrected chi connectivity index (χ2v) is 5.67. The molecule has 1 N–H and O–H groups in total. The molecule has 0 aromatic carbocycles. The van der Waals surface area contributed by atoms with Crippen molar-refractivity contribution in [3.8, 4) is 0 Å². The normalized spacial score (nSPS) is 13.8. The minimum Gasteiger partial charge on any atom is -0.390 e. The predicted octanol–water partition coefficient (Wildman–Crippen LogP) is 4.69. The number of aliphatic hydroxyl groups is 1. The lowest BCUT2D eigenvalue weighted by Gasteiger charge is -2.31. The molecule has 0 saturated carbocycles. The van der Waals surface area contributed by atoms with E-state index in [4.69, 9.17) is 4.74 Å². The molecule has 0 rings (SSSR count). The zero-order valence-corrected chi connectivity index (χ0v) is 13.0. The van der Waals surface area contributed by atoms with E-state index in [1.54, 1.807) is 0 Å². The fourth-order valence-electron chi connectivity index (χ4n) is 2.36. The first-order valence-corrected chi connectivity index (χ1v) is 7.92. The molecule has 2 nitrogen and oxygen atoms in total. The summed E-state index contributed by atoms with van der Waals surface area (Å²) in [6.07, 6.45) is 9.63. The van der Waals surface area contributed by atoms with Crippen LogP contribution in [0, 0.1) is 0 Å². The second kappa shape index (κ2) is 10.8. The number of hydrogen-bond donors (Lipinski definition) is 1. The molecular formula is C16H34O2. The standard InChI is InChI=1S/C16H34O2/c1-5-8-11-16(17,12-9-6-2)14-15(4)18-13-10-7-3/h15,17H,5-14H2,1-4H3. The Kier molecular flexibility index (Phi) is 10.8. The van der Waals surface area contributed by atoms with Crippen LogP contribution >= 0.6 is 0 Å². The van der Waals surface area contributed by atoms with Crippen molar-refractivity contribution in [3.05, 3.63) is 0 Å². The zero-order chi connectivity index (χ0) is 13.9. The van der Waals surface area contributed by atoms with E-state index in [0.717, 1.165) is 58.0 Å². The molecule has 1 unspecified atom stereocenters. The van der Waals surface area contributed by atoms with Crippen LogP contribution in [0.15, 0.2) is 0 Å². The summed E-state index contributed by atoms with van der Waals surface area (Å²) in [4.78, 5) is 0. The summed E-state index contributed by atoms with van der Waals surface area (Å²) in [7, 11) is 0. The number of rotatable bonds is 12. The van der Waals surface area contributed by atoms with Crippen LogP contribution in [0.5, 0.6) is 0 Å². The molecular weight excluding hydrogens is 224 g/mol. The lowest BCUT2D eigenvalue weighted by molar-refractivity contribution is -0.0454. The van der Waals surface area contributed by atoms with E-state index in [9.17, 15) is 5.11 Å². The van der Waals surface area contributed by atoms with E-state index < -0.39 is 5.60 Å². The van der Waals surface area contributed by atoms with E-state index in [0.29, 0.717) is 0 Å². The molecule has 0 heterocycles. The van der Waals surface area contributed by atoms with Crippen LogP contribution in [0.25, 0.3) is 0 Å². The Bertz CT molecular complexity index is 172. The molecule has 0 fully saturated rings. The SMILES string of the molecule is CCCCOC(C)CC(O)(CCCC)CCCC. The maximum absolute atomic E-state index is 10.7. The van der Waals surface area contributed by atoms with E-state index >= 15 is 0 Å². The molecule has 0 aromatic rings. The molecule has 0 amide bonds. The topological polar surface area (TPSA) is 29.5 Å². The summed E-state index contributed by atoms with van der Waals surface area (Å²) >= 11 is 0. The molecule has 110 valence electrons. The Labute approximate surface area is 114 Å². The van der Waals surface area contributed by atoms with Crippen molar-refractivity contribution in [2.75, 3.05) is 6.61 Å². The van der Waals surface area contributed by atoms with Crippen LogP contribution in [0.4, 0.5) is 0 Å². The van der Waals surface area contributed by atoms with Gasteiger partial charge in [0.1, 0.15) is 0 Å². The summed E-state index contributed by atoms with van der Waals surface area (Å²) in [6, 6.07) is 0. The van der Waals surface area contributed by atoms with Crippen molar-refractivity contribution in [1.82, 2.24) is 0 Å². The van der Waals surface area contributed by atoms with Crippen LogP contribution in [0.2, 0.25) is 0 Å². The molecule has 0 saturated heterocycles. The molecule has 18 heavy (non-hydrogen) atoms. The molecule has 0 aliphatic carbocycles. The van der Waals surface area contributed by atoms with Gasteiger partial charge in [0.2, 0.25) is 0 Å². The summed E-state index contributed by atoms with van der Waals surface area (Å²) in [6.45, 7) is 9.46. The van der Waals surface area contributed by atoms with Gasteiger partial charge in [-0.1, -0.05) is 52.9 Å².